The van der Waals surface area contributed by atoms with E-state index in [-0.39, 0.29) is 0 Å². The second-order valence-electron chi connectivity index (χ2n) is 3.48. The third kappa shape index (κ3) is 2.27. The molecule has 0 radical (unpaired) electrons. The van der Waals surface area contributed by atoms with Gasteiger partial charge in [0.15, 0.2) is 0 Å². The van der Waals surface area contributed by atoms with Crippen LogP contribution in [0.2, 0.25) is 5.28 Å². The van der Waals surface area contributed by atoms with Crippen molar-refractivity contribution < 1.29 is 0 Å². The van der Waals surface area contributed by atoms with Gasteiger partial charge in [0.1, 0.15) is 5.82 Å². The van der Waals surface area contributed by atoms with Crippen LogP contribution in [-0.2, 0) is 6.42 Å². The number of hydrogen-bond donors (Lipinski definition) is 0. The van der Waals surface area contributed by atoms with E-state index in [2.05, 4.69) is 35.5 Å². The van der Waals surface area contributed by atoms with Gasteiger partial charge in [0.2, 0.25) is 5.28 Å². The largest absolute Gasteiger partial charge is 0.299 e. The quantitative estimate of drug-likeness (QED) is 0.755. The Balaban J connectivity index is 2.96. The van der Waals surface area contributed by atoms with Gasteiger partial charge < -0.3 is 0 Å². The lowest BCUT2D eigenvalue weighted by atomic mass is 10.1. The van der Waals surface area contributed by atoms with E-state index in [1.807, 2.05) is 0 Å². The molecule has 0 spiro atoms. The number of nitrogens with zero attached hydrogens (tertiary/aromatic N) is 3. The maximum absolute atomic E-state index is 6.02. The fraction of sp³-hybridized carbons (Fsp3) is 0.800. The Morgan fingerprint density at radius 2 is 1.86 bits per heavy atom. The lowest BCUT2D eigenvalue weighted by Crippen LogP contribution is -2.11. The van der Waals surface area contributed by atoms with E-state index in [1.165, 1.54) is 0 Å². The molecule has 0 atom stereocenters. The lowest BCUT2D eigenvalue weighted by molar-refractivity contribution is 0.454. The third-order valence-corrected chi connectivity index (χ3v) is 2.76. The molecule has 1 rings (SSSR count). The van der Waals surface area contributed by atoms with Gasteiger partial charge in [-0.2, -0.15) is 0 Å². The van der Waals surface area contributed by atoms with Crippen LogP contribution >= 0.6 is 11.6 Å². The number of halogens is 1. The van der Waals surface area contributed by atoms with Crippen molar-refractivity contribution in [3.63, 3.8) is 0 Å². The van der Waals surface area contributed by atoms with Crippen LogP contribution in [0.5, 0.6) is 0 Å². The molecule has 0 unspecified atom stereocenters. The zero-order chi connectivity index (χ0) is 10.6. The topological polar surface area (TPSA) is 30.7 Å². The molecule has 0 aromatic carbocycles. The molecular weight excluding hydrogens is 198 g/mol. The number of aryl methyl sites for hydroxylation is 1. The van der Waals surface area contributed by atoms with Gasteiger partial charge in [0, 0.05) is 12.5 Å². The molecule has 0 saturated heterocycles. The van der Waals surface area contributed by atoms with Gasteiger partial charge in [0.05, 0.1) is 0 Å². The van der Waals surface area contributed by atoms with Gasteiger partial charge in [-0.15, -0.1) is 10.2 Å². The first-order valence-electron chi connectivity index (χ1n) is 5.33. The van der Waals surface area contributed by atoms with Crippen LogP contribution in [0.4, 0.5) is 0 Å². The molecule has 4 heteroatoms. The van der Waals surface area contributed by atoms with Gasteiger partial charge in [-0.3, -0.25) is 4.57 Å². The molecule has 80 valence electrons. The highest BCUT2D eigenvalue weighted by Gasteiger charge is 2.15. The molecule has 1 aromatic heterocycles. The van der Waals surface area contributed by atoms with Crippen molar-refractivity contribution in [3.05, 3.63) is 11.1 Å². The summed E-state index contributed by atoms with van der Waals surface area (Å²) in [6.45, 7) is 6.47. The first kappa shape index (κ1) is 11.5. The summed E-state index contributed by atoms with van der Waals surface area (Å²) in [5.41, 5.74) is 0. The normalized spacial score (nSPS) is 11.2. The summed E-state index contributed by atoms with van der Waals surface area (Å²) in [6, 6.07) is 0.444. The van der Waals surface area contributed by atoms with E-state index < -0.39 is 0 Å². The fourth-order valence-electron chi connectivity index (χ4n) is 1.71. The molecular formula is C10H18ClN3. The van der Waals surface area contributed by atoms with Crippen LogP contribution in [-0.4, -0.2) is 14.8 Å². The lowest BCUT2D eigenvalue weighted by Gasteiger charge is -2.17. The van der Waals surface area contributed by atoms with Gasteiger partial charge in [-0.1, -0.05) is 20.8 Å². The Morgan fingerprint density at radius 3 is 2.36 bits per heavy atom. The number of hydrogen-bond acceptors (Lipinski definition) is 2. The van der Waals surface area contributed by atoms with Crippen molar-refractivity contribution in [2.75, 3.05) is 0 Å². The SMILES string of the molecule is CCCc1nnc(Cl)n1C(CC)CC. The maximum Gasteiger partial charge on any atom is 0.225 e. The minimum absolute atomic E-state index is 0.444. The summed E-state index contributed by atoms with van der Waals surface area (Å²) in [4.78, 5) is 0. The second kappa shape index (κ2) is 5.35. The standard InChI is InChI=1S/C10H18ClN3/c1-4-7-9-12-13-10(11)14(9)8(5-2)6-3/h8H,4-7H2,1-3H3. The van der Waals surface area contributed by atoms with Crippen molar-refractivity contribution in [1.29, 1.82) is 0 Å². The summed E-state index contributed by atoms with van der Waals surface area (Å²) in [5.74, 6) is 1.02. The van der Waals surface area contributed by atoms with Crippen LogP contribution in [0.25, 0.3) is 0 Å². The molecule has 0 N–H and O–H groups in total. The van der Waals surface area contributed by atoms with Crippen LogP contribution in [0.15, 0.2) is 0 Å². The van der Waals surface area contributed by atoms with Crippen LogP contribution in [0, 0.1) is 0 Å². The first-order valence-corrected chi connectivity index (χ1v) is 5.71. The van der Waals surface area contributed by atoms with E-state index in [4.69, 9.17) is 11.6 Å². The van der Waals surface area contributed by atoms with Crippen molar-refractivity contribution in [3.8, 4) is 0 Å². The van der Waals surface area contributed by atoms with E-state index in [0.29, 0.717) is 11.3 Å². The minimum Gasteiger partial charge on any atom is -0.299 e. The number of aromatic nitrogens is 3. The Kier molecular flexibility index (Phi) is 4.39. The molecule has 1 aromatic rings. The molecule has 0 aliphatic rings. The Labute approximate surface area is 90.5 Å². The van der Waals surface area contributed by atoms with E-state index in [0.717, 1.165) is 31.5 Å². The Hall–Kier alpha value is -0.570. The Bertz CT molecular complexity index is 279. The first-order chi connectivity index (χ1) is 6.74. The smallest absolute Gasteiger partial charge is 0.225 e. The van der Waals surface area contributed by atoms with Gasteiger partial charge in [0.25, 0.3) is 0 Å². The molecule has 0 bridgehead atoms. The second-order valence-corrected chi connectivity index (χ2v) is 3.81. The molecule has 0 aliphatic carbocycles. The van der Waals surface area contributed by atoms with Crippen molar-refractivity contribution in [2.45, 2.75) is 52.5 Å². The summed E-state index contributed by atoms with van der Waals surface area (Å²) in [7, 11) is 0. The van der Waals surface area contributed by atoms with E-state index in [9.17, 15) is 0 Å². The molecule has 0 aliphatic heterocycles. The molecule has 1 heterocycles. The average molecular weight is 216 g/mol. The highest BCUT2D eigenvalue weighted by Crippen LogP contribution is 2.22. The van der Waals surface area contributed by atoms with Gasteiger partial charge in [-0.05, 0) is 30.9 Å². The highest BCUT2D eigenvalue weighted by molar-refractivity contribution is 6.28. The zero-order valence-electron chi connectivity index (χ0n) is 9.13. The summed E-state index contributed by atoms with van der Waals surface area (Å²) in [6.07, 6.45) is 4.18. The van der Waals surface area contributed by atoms with Gasteiger partial charge >= 0.3 is 0 Å². The fourth-order valence-corrected chi connectivity index (χ4v) is 1.98. The monoisotopic (exact) mass is 215 g/mol. The summed E-state index contributed by atoms with van der Waals surface area (Å²) in [5, 5.41) is 8.56. The van der Waals surface area contributed by atoms with Crippen molar-refractivity contribution in [2.24, 2.45) is 0 Å². The molecule has 0 saturated carbocycles. The van der Waals surface area contributed by atoms with Crippen LogP contribution in [0.1, 0.15) is 51.9 Å². The summed E-state index contributed by atoms with van der Waals surface area (Å²) < 4.78 is 2.07. The number of rotatable bonds is 5. The minimum atomic E-state index is 0.444. The van der Waals surface area contributed by atoms with Crippen molar-refractivity contribution in [1.82, 2.24) is 14.8 Å². The zero-order valence-corrected chi connectivity index (χ0v) is 9.88. The van der Waals surface area contributed by atoms with Gasteiger partial charge in [-0.25, -0.2) is 0 Å². The Morgan fingerprint density at radius 1 is 1.21 bits per heavy atom. The molecule has 3 nitrogen and oxygen atoms in total. The third-order valence-electron chi connectivity index (χ3n) is 2.51. The van der Waals surface area contributed by atoms with Crippen molar-refractivity contribution >= 4 is 11.6 Å². The van der Waals surface area contributed by atoms with Crippen LogP contribution in [0.3, 0.4) is 0 Å². The molecule has 14 heavy (non-hydrogen) atoms. The van der Waals surface area contributed by atoms with E-state index in [1.54, 1.807) is 0 Å². The maximum atomic E-state index is 6.02. The predicted molar refractivity (Wildman–Crippen MR) is 58.6 cm³/mol. The highest BCUT2D eigenvalue weighted by atomic mass is 35.5. The molecule has 0 fully saturated rings. The van der Waals surface area contributed by atoms with Crippen LogP contribution < -0.4 is 0 Å². The molecule has 0 amide bonds. The average Bonchev–Trinajstić information content (AvgIpc) is 2.53. The predicted octanol–water partition coefficient (Wildman–Crippen LogP) is 3.25. The summed E-state index contributed by atoms with van der Waals surface area (Å²) >= 11 is 6.02. The van der Waals surface area contributed by atoms with E-state index >= 15 is 0 Å².